The van der Waals surface area contributed by atoms with E-state index in [0.29, 0.717) is 5.92 Å². The van der Waals surface area contributed by atoms with Gasteiger partial charge in [0.2, 0.25) is 0 Å². The van der Waals surface area contributed by atoms with Crippen LogP contribution in [0.15, 0.2) is 11.3 Å². The quantitative estimate of drug-likeness (QED) is 0.660. The van der Waals surface area contributed by atoms with Gasteiger partial charge in [-0.2, -0.15) is 0 Å². The number of allylic oxidation sites excluding steroid dienone is 2. The van der Waals surface area contributed by atoms with Crippen LogP contribution in [0.3, 0.4) is 0 Å². The molecule has 0 radical (unpaired) electrons. The first-order chi connectivity index (χ1) is 6.97. The summed E-state index contributed by atoms with van der Waals surface area (Å²) in [6.45, 7) is 11.3. The first-order valence-electron chi connectivity index (χ1n) is 6.43. The molecule has 0 bridgehead atoms. The molecule has 15 heavy (non-hydrogen) atoms. The highest BCUT2D eigenvalue weighted by Crippen LogP contribution is 2.22. The molecule has 0 aliphatic heterocycles. The lowest BCUT2D eigenvalue weighted by molar-refractivity contribution is 0.582. The number of rotatable bonds is 7. The number of hydrogen-bond acceptors (Lipinski definition) is 1. The molecule has 0 unspecified atom stereocenters. The van der Waals surface area contributed by atoms with Gasteiger partial charge in [-0.1, -0.05) is 46.6 Å². The predicted octanol–water partition coefficient (Wildman–Crippen LogP) is 4.48. The molecule has 0 aromatic carbocycles. The molecule has 2 N–H and O–H groups in total. The summed E-state index contributed by atoms with van der Waals surface area (Å²) in [5.41, 5.74) is 8.86. The zero-order valence-electron chi connectivity index (χ0n) is 11.3. The molecule has 0 aromatic heterocycles. The molecule has 1 heteroatoms. The molecule has 0 spiro atoms. The lowest BCUT2D eigenvalue weighted by Gasteiger charge is -2.15. The van der Waals surface area contributed by atoms with Crippen molar-refractivity contribution in [1.82, 2.24) is 0 Å². The average molecular weight is 211 g/mol. The normalized spacial score (nSPS) is 13.5. The predicted molar refractivity (Wildman–Crippen MR) is 69.6 cm³/mol. The monoisotopic (exact) mass is 211 g/mol. The van der Waals surface area contributed by atoms with Gasteiger partial charge in [0, 0.05) is 5.70 Å². The fourth-order valence-electron chi connectivity index (χ4n) is 1.86. The molecule has 0 saturated carbocycles. The number of hydrogen-bond donors (Lipinski definition) is 1. The second kappa shape index (κ2) is 7.78. The molecule has 0 rings (SSSR count). The molecule has 0 amide bonds. The minimum atomic E-state index is 0.675. The second-order valence-corrected chi connectivity index (χ2v) is 5.43. The van der Waals surface area contributed by atoms with Gasteiger partial charge in [-0.15, -0.1) is 0 Å². The molecule has 0 aliphatic carbocycles. The first kappa shape index (κ1) is 14.5. The maximum atomic E-state index is 6.19. The van der Waals surface area contributed by atoms with Crippen LogP contribution < -0.4 is 5.73 Å². The van der Waals surface area contributed by atoms with Crippen molar-refractivity contribution >= 4 is 0 Å². The van der Waals surface area contributed by atoms with Gasteiger partial charge >= 0.3 is 0 Å². The summed E-state index contributed by atoms with van der Waals surface area (Å²) < 4.78 is 0. The fraction of sp³-hybridized carbons (Fsp3) is 0.857. The maximum absolute atomic E-state index is 6.19. The summed E-state index contributed by atoms with van der Waals surface area (Å²) in [7, 11) is 0. The molecule has 0 heterocycles. The van der Waals surface area contributed by atoms with Gasteiger partial charge in [-0.25, -0.2) is 0 Å². The fourth-order valence-corrected chi connectivity index (χ4v) is 1.86. The molecule has 0 fully saturated rings. The van der Waals surface area contributed by atoms with Gasteiger partial charge in [0.1, 0.15) is 0 Å². The lowest BCUT2D eigenvalue weighted by Crippen LogP contribution is -2.08. The van der Waals surface area contributed by atoms with Crippen LogP contribution >= 0.6 is 0 Å². The number of unbranched alkanes of at least 4 members (excludes halogenated alkanes) is 1. The van der Waals surface area contributed by atoms with E-state index in [1.807, 2.05) is 0 Å². The van der Waals surface area contributed by atoms with E-state index in [1.54, 1.807) is 0 Å². The Balaban J connectivity index is 4.41. The molecule has 0 atom stereocenters. The van der Waals surface area contributed by atoms with Crippen molar-refractivity contribution in [2.45, 2.75) is 66.7 Å². The molecule has 90 valence electrons. The van der Waals surface area contributed by atoms with Crippen LogP contribution in [0.5, 0.6) is 0 Å². The Labute approximate surface area is 96.1 Å². The van der Waals surface area contributed by atoms with E-state index in [0.717, 1.165) is 18.0 Å². The van der Waals surface area contributed by atoms with Gasteiger partial charge in [-0.05, 0) is 37.5 Å². The van der Waals surface area contributed by atoms with Crippen molar-refractivity contribution in [2.24, 2.45) is 17.6 Å². The summed E-state index contributed by atoms with van der Waals surface area (Å²) in [5, 5.41) is 0. The molecular weight excluding hydrogens is 182 g/mol. The molecule has 0 aliphatic rings. The minimum absolute atomic E-state index is 0.675. The molecule has 0 saturated heterocycles. The van der Waals surface area contributed by atoms with Crippen LogP contribution in [0.4, 0.5) is 0 Å². The standard InChI is InChI=1S/C14H29N/c1-6-7-8-13(9-11(2)3)14(15)10-12(4)5/h11-12H,6-10,15H2,1-5H3. The van der Waals surface area contributed by atoms with Crippen LogP contribution in [-0.2, 0) is 0 Å². The van der Waals surface area contributed by atoms with E-state index in [9.17, 15) is 0 Å². The van der Waals surface area contributed by atoms with E-state index < -0.39 is 0 Å². The highest BCUT2D eigenvalue weighted by atomic mass is 14.6. The van der Waals surface area contributed by atoms with E-state index in [4.69, 9.17) is 5.73 Å². The van der Waals surface area contributed by atoms with Crippen molar-refractivity contribution in [2.75, 3.05) is 0 Å². The van der Waals surface area contributed by atoms with Gasteiger partial charge in [0.05, 0.1) is 0 Å². The van der Waals surface area contributed by atoms with Crippen molar-refractivity contribution in [1.29, 1.82) is 0 Å². The van der Waals surface area contributed by atoms with Gasteiger partial charge in [0.15, 0.2) is 0 Å². The van der Waals surface area contributed by atoms with Gasteiger partial charge in [0.25, 0.3) is 0 Å². The first-order valence-corrected chi connectivity index (χ1v) is 6.43. The highest BCUT2D eigenvalue weighted by molar-refractivity contribution is 5.12. The van der Waals surface area contributed by atoms with Gasteiger partial charge in [-0.3, -0.25) is 0 Å². The van der Waals surface area contributed by atoms with E-state index >= 15 is 0 Å². The van der Waals surface area contributed by atoms with Crippen molar-refractivity contribution in [3.8, 4) is 0 Å². The van der Waals surface area contributed by atoms with Crippen LogP contribution in [0.1, 0.15) is 66.7 Å². The van der Waals surface area contributed by atoms with E-state index in [1.165, 1.54) is 31.3 Å². The zero-order valence-corrected chi connectivity index (χ0v) is 11.3. The van der Waals surface area contributed by atoms with Crippen LogP contribution in [0, 0.1) is 11.8 Å². The summed E-state index contributed by atoms with van der Waals surface area (Å²) >= 11 is 0. The Morgan fingerprint density at radius 2 is 1.53 bits per heavy atom. The highest BCUT2D eigenvalue weighted by Gasteiger charge is 2.07. The van der Waals surface area contributed by atoms with Crippen molar-refractivity contribution < 1.29 is 0 Å². The third-order valence-electron chi connectivity index (χ3n) is 2.57. The Kier molecular flexibility index (Phi) is 7.54. The lowest BCUT2D eigenvalue weighted by atomic mass is 9.94. The summed E-state index contributed by atoms with van der Waals surface area (Å²) in [5.74, 6) is 1.40. The van der Waals surface area contributed by atoms with Gasteiger partial charge < -0.3 is 5.73 Å². The van der Waals surface area contributed by atoms with Crippen LogP contribution in [-0.4, -0.2) is 0 Å². The molecular formula is C14H29N. The van der Waals surface area contributed by atoms with E-state index in [2.05, 4.69) is 34.6 Å². The number of nitrogens with two attached hydrogens (primary N) is 1. The summed E-state index contributed by atoms with van der Waals surface area (Å²) in [6, 6.07) is 0. The average Bonchev–Trinajstić information content (AvgIpc) is 2.10. The summed E-state index contributed by atoms with van der Waals surface area (Å²) in [6.07, 6.45) is 5.98. The largest absolute Gasteiger partial charge is 0.402 e. The SMILES string of the molecule is CCCCC(CC(C)C)=C(N)CC(C)C. The van der Waals surface area contributed by atoms with Crippen molar-refractivity contribution in [3.05, 3.63) is 11.3 Å². The zero-order chi connectivity index (χ0) is 11.8. The van der Waals surface area contributed by atoms with Crippen LogP contribution in [0.25, 0.3) is 0 Å². The van der Waals surface area contributed by atoms with E-state index in [-0.39, 0.29) is 0 Å². The topological polar surface area (TPSA) is 26.0 Å². The Bertz CT molecular complexity index is 190. The molecule has 1 nitrogen and oxygen atoms in total. The minimum Gasteiger partial charge on any atom is -0.402 e. The Hall–Kier alpha value is -0.460. The second-order valence-electron chi connectivity index (χ2n) is 5.43. The third-order valence-corrected chi connectivity index (χ3v) is 2.57. The van der Waals surface area contributed by atoms with Crippen LogP contribution in [0.2, 0.25) is 0 Å². The third kappa shape index (κ3) is 7.47. The maximum Gasteiger partial charge on any atom is 0.00750 e. The summed E-state index contributed by atoms with van der Waals surface area (Å²) in [4.78, 5) is 0. The smallest absolute Gasteiger partial charge is 0.00750 e. The molecule has 0 aromatic rings. The Morgan fingerprint density at radius 1 is 1.00 bits per heavy atom. The Morgan fingerprint density at radius 3 is 1.93 bits per heavy atom. The van der Waals surface area contributed by atoms with Crippen molar-refractivity contribution in [3.63, 3.8) is 0 Å².